The normalized spacial score (nSPS) is 12.9. The highest BCUT2D eigenvalue weighted by Crippen LogP contribution is 2.33. The summed E-state index contributed by atoms with van der Waals surface area (Å²) in [4.78, 5) is 0. The molecule has 0 amide bonds. The molecule has 0 saturated heterocycles. The molecule has 0 atom stereocenters. The second-order valence-corrected chi connectivity index (χ2v) is 16.1. The van der Waals surface area contributed by atoms with Crippen LogP contribution in [0.2, 0.25) is 12.1 Å². The summed E-state index contributed by atoms with van der Waals surface area (Å²) >= 11 is 0. The number of rotatable bonds is 14. The summed E-state index contributed by atoms with van der Waals surface area (Å²) in [6.07, 6.45) is 3.08. The van der Waals surface area contributed by atoms with Crippen molar-refractivity contribution in [3.05, 3.63) is 0 Å². The van der Waals surface area contributed by atoms with Gasteiger partial charge in [0.2, 0.25) is 0 Å². The molecule has 0 N–H and O–H groups in total. The van der Waals surface area contributed by atoms with Gasteiger partial charge in [0.15, 0.2) is 7.59 Å². The SMILES string of the molecule is CCC[Si](CCC)(COCC)[Si](OCC)(OCC)OCC. The zero-order valence-electron chi connectivity index (χ0n) is 15.0. The molecule has 0 fully saturated rings. The van der Waals surface area contributed by atoms with Crippen molar-refractivity contribution in [2.75, 3.05) is 32.7 Å². The first-order valence-corrected chi connectivity index (χ1v) is 14.0. The van der Waals surface area contributed by atoms with Crippen LogP contribution in [0, 0.1) is 0 Å². The van der Waals surface area contributed by atoms with Crippen LogP contribution in [0.25, 0.3) is 0 Å². The molecule has 0 radical (unpaired) electrons. The Morgan fingerprint density at radius 3 is 1.33 bits per heavy atom. The number of hydrogen-bond donors (Lipinski definition) is 0. The molecule has 0 aliphatic carbocycles. The molecule has 4 nitrogen and oxygen atoms in total. The summed E-state index contributed by atoms with van der Waals surface area (Å²) in [7, 11) is -4.55. The molecular formula is C15H36O4Si2. The van der Waals surface area contributed by atoms with E-state index in [1.807, 2.05) is 20.8 Å². The predicted molar refractivity (Wildman–Crippen MR) is 93.1 cm³/mol. The summed E-state index contributed by atoms with van der Waals surface area (Å²) in [5.41, 5.74) is 0. The van der Waals surface area contributed by atoms with Crippen LogP contribution in [0.15, 0.2) is 0 Å². The van der Waals surface area contributed by atoms with Crippen molar-refractivity contribution in [1.82, 2.24) is 0 Å². The largest absolute Gasteiger partial charge is 0.472 e. The quantitative estimate of drug-likeness (QED) is 0.450. The van der Waals surface area contributed by atoms with Gasteiger partial charge in [-0.2, -0.15) is 0 Å². The first-order chi connectivity index (χ1) is 10.1. The molecular weight excluding hydrogens is 300 g/mol. The molecule has 0 aromatic heterocycles. The van der Waals surface area contributed by atoms with Crippen LogP contribution in [-0.4, -0.2) is 48.6 Å². The Morgan fingerprint density at radius 1 is 0.619 bits per heavy atom. The van der Waals surface area contributed by atoms with E-state index in [4.69, 9.17) is 18.0 Å². The van der Waals surface area contributed by atoms with Crippen LogP contribution in [0.3, 0.4) is 0 Å². The van der Waals surface area contributed by atoms with Crippen LogP contribution in [0.4, 0.5) is 0 Å². The zero-order valence-corrected chi connectivity index (χ0v) is 17.0. The van der Waals surface area contributed by atoms with Crippen molar-refractivity contribution < 1.29 is 18.0 Å². The zero-order chi connectivity index (χ0) is 16.2. The maximum absolute atomic E-state index is 6.25. The van der Waals surface area contributed by atoms with Gasteiger partial charge in [0.25, 0.3) is 0 Å². The van der Waals surface area contributed by atoms with Crippen molar-refractivity contribution in [3.8, 4) is 0 Å². The maximum atomic E-state index is 6.25. The highest BCUT2D eigenvalue weighted by atomic mass is 29.3. The second-order valence-electron chi connectivity index (χ2n) is 5.27. The Balaban J connectivity index is 5.65. The van der Waals surface area contributed by atoms with E-state index in [0.717, 1.165) is 37.8 Å². The van der Waals surface area contributed by atoms with Gasteiger partial charge in [-0.05, 0) is 27.7 Å². The molecule has 0 spiro atoms. The summed E-state index contributed by atoms with van der Waals surface area (Å²) in [6, 6.07) is 2.32. The van der Waals surface area contributed by atoms with Crippen molar-refractivity contribution >= 4 is 15.9 Å². The van der Waals surface area contributed by atoms with Gasteiger partial charge in [-0.3, -0.25) is 0 Å². The summed E-state index contributed by atoms with van der Waals surface area (Å²) in [5.74, 6) is 0. The van der Waals surface area contributed by atoms with Crippen molar-refractivity contribution in [2.45, 2.75) is 66.5 Å². The minimum atomic E-state index is -2.64. The Labute approximate surface area is 133 Å². The van der Waals surface area contributed by atoms with Crippen molar-refractivity contribution in [2.24, 2.45) is 0 Å². The molecule has 6 heteroatoms. The number of hydrogen-bond acceptors (Lipinski definition) is 4. The van der Waals surface area contributed by atoms with Gasteiger partial charge in [-0.25, -0.2) is 0 Å². The van der Waals surface area contributed by atoms with Gasteiger partial charge in [0, 0.05) is 32.7 Å². The number of ether oxygens (including phenoxy) is 1. The van der Waals surface area contributed by atoms with Crippen LogP contribution < -0.4 is 0 Å². The summed E-state index contributed by atoms with van der Waals surface area (Å²) < 4.78 is 24.7. The van der Waals surface area contributed by atoms with Crippen molar-refractivity contribution in [1.29, 1.82) is 0 Å². The lowest BCUT2D eigenvalue weighted by Crippen LogP contribution is -2.71. The van der Waals surface area contributed by atoms with Gasteiger partial charge in [-0.15, -0.1) is 0 Å². The van der Waals surface area contributed by atoms with E-state index in [2.05, 4.69) is 20.8 Å². The second kappa shape index (κ2) is 11.8. The fraction of sp³-hybridized carbons (Fsp3) is 1.00. The lowest BCUT2D eigenvalue weighted by molar-refractivity contribution is 0.0862. The molecule has 21 heavy (non-hydrogen) atoms. The maximum Gasteiger partial charge on any atom is 0.472 e. The van der Waals surface area contributed by atoms with Crippen LogP contribution in [-0.2, 0) is 18.0 Å². The standard InChI is InChI=1S/C15H36O4Si2/c1-7-13-20(14-8-2,15-16-9-3)21(17-10-4,18-11-5)19-12-6/h7-15H2,1-6H3. The monoisotopic (exact) mass is 336 g/mol. The predicted octanol–water partition coefficient (Wildman–Crippen LogP) is 3.96. The van der Waals surface area contributed by atoms with Crippen LogP contribution in [0.5, 0.6) is 0 Å². The fourth-order valence-electron chi connectivity index (χ4n) is 3.07. The Hall–Kier alpha value is 0.274. The molecule has 0 aromatic rings. The van der Waals surface area contributed by atoms with E-state index >= 15 is 0 Å². The van der Waals surface area contributed by atoms with Crippen molar-refractivity contribution in [3.63, 3.8) is 0 Å². The van der Waals surface area contributed by atoms with Gasteiger partial charge in [0.05, 0.1) is 0 Å². The van der Waals surface area contributed by atoms with E-state index in [0.29, 0.717) is 19.8 Å². The average Bonchev–Trinajstić information content (AvgIpc) is 2.46. The van der Waals surface area contributed by atoms with Gasteiger partial charge in [-0.1, -0.05) is 38.8 Å². The third-order valence-corrected chi connectivity index (χ3v) is 17.8. The summed E-state index contributed by atoms with van der Waals surface area (Å²) in [6.45, 7) is 15.4. The molecule has 0 heterocycles. The van der Waals surface area contributed by atoms with Crippen LogP contribution >= 0.6 is 0 Å². The molecule has 0 aliphatic rings. The molecule has 128 valence electrons. The molecule has 0 bridgehead atoms. The highest BCUT2D eigenvalue weighted by molar-refractivity contribution is 7.35. The van der Waals surface area contributed by atoms with Crippen LogP contribution in [0.1, 0.15) is 54.4 Å². The highest BCUT2D eigenvalue weighted by Gasteiger charge is 2.61. The smallest absolute Gasteiger partial charge is 0.385 e. The lowest BCUT2D eigenvalue weighted by atomic mass is 10.6. The lowest BCUT2D eigenvalue weighted by Gasteiger charge is -2.43. The molecule has 0 saturated carbocycles. The third-order valence-electron chi connectivity index (χ3n) is 3.69. The molecule has 0 rings (SSSR count). The average molecular weight is 337 g/mol. The molecule has 0 unspecified atom stereocenters. The Kier molecular flexibility index (Phi) is 11.9. The minimum Gasteiger partial charge on any atom is -0.385 e. The van der Waals surface area contributed by atoms with E-state index in [-0.39, 0.29) is 0 Å². The first-order valence-electron chi connectivity index (χ1n) is 8.61. The molecule has 0 aliphatic heterocycles. The van der Waals surface area contributed by atoms with E-state index < -0.39 is 15.9 Å². The Morgan fingerprint density at radius 2 is 1.05 bits per heavy atom. The summed E-state index contributed by atoms with van der Waals surface area (Å²) in [5, 5.41) is 0. The molecule has 0 aromatic carbocycles. The van der Waals surface area contributed by atoms with Gasteiger partial charge in [0.1, 0.15) is 0 Å². The Bertz CT molecular complexity index is 229. The van der Waals surface area contributed by atoms with E-state index in [1.54, 1.807) is 0 Å². The fourth-order valence-corrected chi connectivity index (χ4v) is 17.4. The van der Waals surface area contributed by atoms with Gasteiger partial charge < -0.3 is 18.0 Å². The third kappa shape index (κ3) is 5.76. The first kappa shape index (κ1) is 21.3. The minimum absolute atomic E-state index is 0.653. The van der Waals surface area contributed by atoms with Gasteiger partial charge >= 0.3 is 8.32 Å². The topological polar surface area (TPSA) is 36.9 Å². The van der Waals surface area contributed by atoms with E-state index in [1.165, 1.54) is 0 Å². The van der Waals surface area contributed by atoms with E-state index in [9.17, 15) is 0 Å².